The highest BCUT2D eigenvalue weighted by molar-refractivity contribution is 5.83. The quantitative estimate of drug-likeness (QED) is 0.645. The Labute approximate surface area is 165 Å². The van der Waals surface area contributed by atoms with Gasteiger partial charge in [-0.3, -0.25) is 4.79 Å². The predicted molar refractivity (Wildman–Crippen MR) is 107 cm³/mol. The standard InChI is InChI=1S/C22H42O5/c1-9-18-14(5)22(26)16(7)20(24)12(3)10-11(2)19(23)15(6)21(25)13(4)17(8)27-18/h11-19,21-23,25-26H,9-10H2,1-8H3/t11-,12+,13-,14-,15+,16-,17-,18+,19-,21+,22-/m0/s1. The number of hydrogen-bond acceptors (Lipinski definition) is 5. The van der Waals surface area contributed by atoms with Crippen molar-refractivity contribution < 1.29 is 24.9 Å². The molecular formula is C22H42O5. The van der Waals surface area contributed by atoms with E-state index in [1.807, 2.05) is 48.5 Å². The lowest BCUT2D eigenvalue weighted by Gasteiger charge is -2.38. The Morgan fingerprint density at radius 1 is 0.852 bits per heavy atom. The lowest BCUT2D eigenvalue weighted by atomic mass is 9.76. The first kappa shape index (κ1) is 24.5. The lowest BCUT2D eigenvalue weighted by Crippen LogP contribution is -2.46. The minimum absolute atomic E-state index is 0.0231. The maximum Gasteiger partial charge on any atom is 0.141 e. The molecule has 27 heavy (non-hydrogen) atoms. The SMILES string of the molecule is CC[C@H]1O[C@@H](C)[C@H](C)[C@@H](O)[C@H](C)[C@@H](O)[C@@H](C)C[C@@H](C)C(=O)[C@H](C)[C@@H](O)[C@H]1C. The number of rotatable bonds is 1. The molecule has 0 unspecified atom stereocenters. The number of aliphatic hydroxyl groups is 3. The Hall–Kier alpha value is -0.490. The second-order valence-corrected chi connectivity index (χ2v) is 9.14. The maximum absolute atomic E-state index is 12.8. The van der Waals surface area contributed by atoms with Crippen LogP contribution in [-0.2, 0) is 9.53 Å². The molecule has 0 bridgehead atoms. The van der Waals surface area contributed by atoms with Crippen molar-refractivity contribution in [3.8, 4) is 0 Å². The summed E-state index contributed by atoms with van der Waals surface area (Å²) >= 11 is 0. The molecule has 0 aromatic heterocycles. The third-order valence-electron chi connectivity index (χ3n) is 7.03. The summed E-state index contributed by atoms with van der Waals surface area (Å²) in [5.41, 5.74) is 0. The molecule has 0 spiro atoms. The number of ether oxygens (including phenoxy) is 1. The normalized spacial score (nSPS) is 48.9. The zero-order valence-electron chi connectivity index (χ0n) is 18.4. The minimum Gasteiger partial charge on any atom is -0.392 e. The Bertz CT molecular complexity index is 468. The Morgan fingerprint density at radius 2 is 1.41 bits per heavy atom. The average Bonchev–Trinajstić information content (AvgIpc) is 2.66. The molecule has 3 N–H and O–H groups in total. The van der Waals surface area contributed by atoms with E-state index in [2.05, 4.69) is 0 Å². The topological polar surface area (TPSA) is 87.0 Å². The van der Waals surface area contributed by atoms with Crippen LogP contribution in [0.4, 0.5) is 0 Å². The Morgan fingerprint density at radius 3 is 1.93 bits per heavy atom. The van der Waals surface area contributed by atoms with Gasteiger partial charge < -0.3 is 20.1 Å². The molecular weight excluding hydrogens is 344 g/mol. The molecule has 0 aromatic rings. The second kappa shape index (κ2) is 10.3. The van der Waals surface area contributed by atoms with Gasteiger partial charge in [0.2, 0.25) is 0 Å². The van der Waals surface area contributed by atoms with Gasteiger partial charge in [0.05, 0.1) is 30.5 Å². The number of hydrogen-bond donors (Lipinski definition) is 3. The largest absolute Gasteiger partial charge is 0.392 e. The zero-order valence-corrected chi connectivity index (χ0v) is 18.4. The summed E-state index contributed by atoms with van der Waals surface area (Å²) in [7, 11) is 0. The molecule has 1 heterocycles. The van der Waals surface area contributed by atoms with E-state index in [4.69, 9.17) is 4.74 Å². The van der Waals surface area contributed by atoms with E-state index in [0.29, 0.717) is 6.42 Å². The molecule has 0 aromatic carbocycles. The maximum atomic E-state index is 12.8. The highest BCUT2D eigenvalue weighted by Crippen LogP contribution is 2.32. The van der Waals surface area contributed by atoms with Crippen LogP contribution in [0.5, 0.6) is 0 Å². The van der Waals surface area contributed by atoms with Gasteiger partial charge in [-0.2, -0.15) is 0 Å². The van der Waals surface area contributed by atoms with E-state index in [0.717, 1.165) is 6.42 Å². The number of aliphatic hydroxyl groups excluding tert-OH is 3. The molecule has 0 radical (unpaired) electrons. The van der Waals surface area contributed by atoms with Gasteiger partial charge in [0, 0.05) is 29.6 Å². The van der Waals surface area contributed by atoms with Crippen LogP contribution in [0.1, 0.15) is 68.2 Å². The predicted octanol–water partition coefficient (Wildman–Crippen LogP) is 3.04. The van der Waals surface area contributed by atoms with E-state index in [9.17, 15) is 20.1 Å². The smallest absolute Gasteiger partial charge is 0.141 e. The van der Waals surface area contributed by atoms with Gasteiger partial charge in [-0.1, -0.05) is 48.5 Å². The first-order chi connectivity index (χ1) is 12.4. The fourth-order valence-electron chi connectivity index (χ4n) is 4.57. The van der Waals surface area contributed by atoms with Crippen molar-refractivity contribution in [1.29, 1.82) is 0 Å². The minimum atomic E-state index is -0.778. The van der Waals surface area contributed by atoms with Crippen LogP contribution >= 0.6 is 0 Å². The van der Waals surface area contributed by atoms with Gasteiger partial charge in [-0.15, -0.1) is 0 Å². The molecule has 160 valence electrons. The van der Waals surface area contributed by atoms with Crippen LogP contribution in [0, 0.1) is 35.5 Å². The number of ketones is 1. The molecule has 0 aliphatic carbocycles. The van der Waals surface area contributed by atoms with Crippen molar-refractivity contribution in [2.24, 2.45) is 35.5 Å². The van der Waals surface area contributed by atoms with Crippen LogP contribution in [0.25, 0.3) is 0 Å². The van der Waals surface area contributed by atoms with Crippen molar-refractivity contribution in [3.05, 3.63) is 0 Å². The molecule has 1 aliphatic rings. The fourth-order valence-corrected chi connectivity index (χ4v) is 4.57. The first-order valence-corrected chi connectivity index (χ1v) is 10.7. The van der Waals surface area contributed by atoms with E-state index in [-0.39, 0.29) is 47.6 Å². The average molecular weight is 387 g/mol. The van der Waals surface area contributed by atoms with Gasteiger partial charge in [0.15, 0.2) is 0 Å². The van der Waals surface area contributed by atoms with Gasteiger partial charge in [0.1, 0.15) is 5.78 Å². The second-order valence-electron chi connectivity index (χ2n) is 9.14. The number of Topliss-reactive ketones (excluding diaryl/α,β-unsaturated/α-hetero) is 1. The summed E-state index contributed by atoms with van der Waals surface area (Å²) in [4.78, 5) is 12.8. The van der Waals surface area contributed by atoms with Crippen LogP contribution < -0.4 is 0 Å². The van der Waals surface area contributed by atoms with Crippen LogP contribution in [0.3, 0.4) is 0 Å². The third-order valence-corrected chi connectivity index (χ3v) is 7.03. The van der Waals surface area contributed by atoms with Crippen molar-refractivity contribution in [3.63, 3.8) is 0 Å². The summed E-state index contributed by atoms with van der Waals surface area (Å²) < 4.78 is 6.22. The van der Waals surface area contributed by atoms with Crippen molar-refractivity contribution in [1.82, 2.24) is 0 Å². The van der Waals surface area contributed by atoms with Crippen LogP contribution in [0.2, 0.25) is 0 Å². The van der Waals surface area contributed by atoms with Gasteiger partial charge in [-0.25, -0.2) is 0 Å². The van der Waals surface area contributed by atoms with Gasteiger partial charge in [0.25, 0.3) is 0 Å². The van der Waals surface area contributed by atoms with E-state index in [1.165, 1.54) is 0 Å². The first-order valence-electron chi connectivity index (χ1n) is 10.7. The van der Waals surface area contributed by atoms with E-state index in [1.54, 1.807) is 6.92 Å². The van der Waals surface area contributed by atoms with Crippen LogP contribution in [-0.4, -0.2) is 51.6 Å². The van der Waals surface area contributed by atoms with Crippen molar-refractivity contribution in [2.45, 2.75) is 98.8 Å². The highest BCUT2D eigenvalue weighted by atomic mass is 16.5. The van der Waals surface area contributed by atoms with E-state index >= 15 is 0 Å². The molecule has 0 saturated carbocycles. The molecule has 11 atom stereocenters. The Kier molecular flexibility index (Phi) is 9.40. The summed E-state index contributed by atoms with van der Waals surface area (Å²) in [6, 6.07) is 0. The summed E-state index contributed by atoms with van der Waals surface area (Å²) in [6.45, 7) is 15.3. The number of carbonyl (C=O) groups excluding carboxylic acids is 1. The van der Waals surface area contributed by atoms with Crippen molar-refractivity contribution >= 4 is 5.78 Å². The monoisotopic (exact) mass is 386 g/mol. The summed E-state index contributed by atoms with van der Waals surface area (Å²) in [6.07, 6.45) is -1.34. The highest BCUT2D eigenvalue weighted by Gasteiger charge is 2.39. The molecule has 5 heteroatoms. The molecule has 5 nitrogen and oxygen atoms in total. The van der Waals surface area contributed by atoms with E-state index < -0.39 is 24.2 Å². The fraction of sp³-hybridized carbons (Fsp3) is 0.955. The molecule has 1 rings (SSSR count). The molecule has 1 aliphatic heterocycles. The van der Waals surface area contributed by atoms with Gasteiger partial charge >= 0.3 is 0 Å². The summed E-state index contributed by atoms with van der Waals surface area (Å²) in [5, 5.41) is 32.3. The summed E-state index contributed by atoms with van der Waals surface area (Å²) in [5.74, 6) is -1.48. The third kappa shape index (κ3) is 5.75. The lowest BCUT2D eigenvalue weighted by molar-refractivity contribution is -0.140. The van der Waals surface area contributed by atoms with Gasteiger partial charge in [-0.05, 0) is 25.7 Å². The molecule has 1 fully saturated rings. The molecule has 0 amide bonds. The molecule has 1 saturated heterocycles. The zero-order chi connectivity index (χ0) is 21.0. The van der Waals surface area contributed by atoms with Crippen LogP contribution in [0.15, 0.2) is 0 Å². The number of carbonyl (C=O) groups is 1. The Balaban J connectivity index is 3.21. The van der Waals surface area contributed by atoms with Crippen molar-refractivity contribution in [2.75, 3.05) is 0 Å².